The molecule has 4 aromatic rings. The minimum absolute atomic E-state index is 0.0141. The molecule has 0 bridgehead atoms. The van der Waals surface area contributed by atoms with Crippen LogP contribution in [0.25, 0.3) is 10.9 Å². The second-order valence-corrected chi connectivity index (χ2v) is 6.44. The summed E-state index contributed by atoms with van der Waals surface area (Å²) in [6.07, 6.45) is -1.41. The minimum atomic E-state index is -4.70. The van der Waals surface area contributed by atoms with Gasteiger partial charge in [0.2, 0.25) is 5.82 Å². The van der Waals surface area contributed by atoms with Crippen LogP contribution >= 0.6 is 0 Å². The molecule has 0 saturated carbocycles. The maximum absolute atomic E-state index is 13.4. The number of para-hydroxylation sites is 1. The zero-order chi connectivity index (χ0) is 20.6. The average molecular weight is 401 g/mol. The van der Waals surface area contributed by atoms with Gasteiger partial charge in [-0.05, 0) is 29.8 Å². The highest BCUT2D eigenvalue weighted by Crippen LogP contribution is 2.33. The Bertz CT molecular complexity index is 1150. The number of aryl methyl sites for hydroxylation is 1. The first-order valence-corrected chi connectivity index (χ1v) is 8.66. The van der Waals surface area contributed by atoms with E-state index >= 15 is 0 Å². The van der Waals surface area contributed by atoms with E-state index in [9.17, 15) is 17.6 Å². The Hall–Kier alpha value is -3.49. The summed E-state index contributed by atoms with van der Waals surface area (Å²) in [5, 5.41) is 3.49. The lowest BCUT2D eigenvalue weighted by atomic mass is 10.1. The predicted molar refractivity (Wildman–Crippen MR) is 99.6 cm³/mol. The summed E-state index contributed by atoms with van der Waals surface area (Å²) >= 11 is 0. The highest BCUT2D eigenvalue weighted by atomic mass is 19.4. The van der Waals surface area contributed by atoms with Gasteiger partial charge in [-0.1, -0.05) is 24.3 Å². The van der Waals surface area contributed by atoms with Crippen molar-refractivity contribution in [3.8, 4) is 0 Å². The Kier molecular flexibility index (Phi) is 4.65. The van der Waals surface area contributed by atoms with Gasteiger partial charge in [0.15, 0.2) is 0 Å². The quantitative estimate of drug-likeness (QED) is 0.503. The maximum Gasteiger partial charge on any atom is 0.451 e. The summed E-state index contributed by atoms with van der Waals surface area (Å²) in [6.45, 7) is 0. The van der Waals surface area contributed by atoms with E-state index in [2.05, 4.69) is 20.3 Å². The van der Waals surface area contributed by atoms with E-state index in [-0.39, 0.29) is 11.3 Å². The van der Waals surface area contributed by atoms with Gasteiger partial charge >= 0.3 is 6.18 Å². The SMILES string of the molecule is Cn1ccnc1C(Nc1nc(C(F)(F)F)nc2ccccc12)c1ccc(F)cc1. The van der Waals surface area contributed by atoms with Crippen LogP contribution in [0.15, 0.2) is 60.9 Å². The van der Waals surface area contributed by atoms with Crippen LogP contribution in [-0.4, -0.2) is 19.5 Å². The molecule has 9 heteroatoms. The number of nitrogens with zero attached hydrogens (tertiary/aromatic N) is 4. The molecule has 0 amide bonds. The predicted octanol–water partition coefficient (Wildman–Crippen LogP) is 4.72. The molecule has 5 nitrogen and oxygen atoms in total. The van der Waals surface area contributed by atoms with Gasteiger partial charge in [0.05, 0.1) is 5.52 Å². The second-order valence-electron chi connectivity index (χ2n) is 6.44. The van der Waals surface area contributed by atoms with Crippen LogP contribution in [-0.2, 0) is 13.2 Å². The number of aromatic nitrogens is 4. The van der Waals surface area contributed by atoms with Gasteiger partial charge in [-0.15, -0.1) is 0 Å². The lowest BCUT2D eigenvalue weighted by molar-refractivity contribution is -0.144. The molecule has 0 radical (unpaired) electrons. The molecule has 0 spiro atoms. The minimum Gasteiger partial charge on any atom is -0.356 e. The van der Waals surface area contributed by atoms with Crippen LogP contribution in [0.2, 0.25) is 0 Å². The molecule has 2 aromatic heterocycles. The topological polar surface area (TPSA) is 55.6 Å². The van der Waals surface area contributed by atoms with Crippen LogP contribution < -0.4 is 5.32 Å². The molecule has 1 N–H and O–H groups in total. The van der Waals surface area contributed by atoms with E-state index in [4.69, 9.17) is 0 Å². The van der Waals surface area contributed by atoms with E-state index in [1.165, 1.54) is 18.2 Å². The van der Waals surface area contributed by atoms with Crippen LogP contribution in [0.4, 0.5) is 23.4 Å². The molecule has 0 saturated heterocycles. The number of hydrogen-bond donors (Lipinski definition) is 1. The molecule has 1 unspecified atom stereocenters. The Morgan fingerprint density at radius 3 is 2.38 bits per heavy atom. The van der Waals surface area contributed by atoms with Crippen LogP contribution in [0.5, 0.6) is 0 Å². The van der Waals surface area contributed by atoms with Crippen LogP contribution in [0.3, 0.4) is 0 Å². The van der Waals surface area contributed by atoms with Gasteiger partial charge in [-0.3, -0.25) is 0 Å². The van der Waals surface area contributed by atoms with Crippen molar-refractivity contribution in [3.63, 3.8) is 0 Å². The molecule has 4 rings (SSSR count). The third-order valence-electron chi connectivity index (χ3n) is 4.46. The fraction of sp³-hybridized carbons (Fsp3) is 0.150. The van der Waals surface area contributed by atoms with Crippen molar-refractivity contribution < 1.29 is 17.6 Å². The molecule has 0 aliphatic rings. The first-order chi connectivity index (χ1) is 13.8. The van der Waals surface area contributed by atoms with Crippen LogP contribution in [0.1, 0.15) is 23.3 Å². The molecule has 1 atom stereocenters. The summed E-state index contributed by atoms with van der Waals surface area (Å²) in [4.78, 5) is 11.7. The van der Waals surface area contributed by atoms with Gasteiger partial charge in [-0.25, -0.2) is 19.3 Å². The summed E-state index contributed by atoms with van der Waals surface area (Å²) < 4.78 is 55.1. The Morgan fingerprint density at radius 1 is 1.00 bits per heavy atom. The molecule has 2 aromatic carbocycles. The highest BCUT2D eigenvalue weighted by molar-refractivity contribution is 5.89. The smallest absolute Gasteiger partial charge is 0.356 e. The fourth-order valence-electron chi connectivity index (χ4n) is 3.06. The van der Waals surface area contributed by atoms with Crippen molar-refractivity contribution in [2.75, 3.05) is 5.32 Å². The van der Waals surface area contributed by atoms with Crippen molar-refractivity contribution in [2.24, 2.45) is 7.05 Å². The number of benzene rings is 2. The number of hydrogen-bond acceptors (Lipinski definition) is 4. The lowest BCUT2D eigenvalue weighted by Crippen LogP contribution is -2.19. The third-order valence-corrected chi connectivity index (χ3v) is 4.46. The molecule has 148 valence electrons. The van der Waals surface area contributed by atoms with Gasteiger partial charge in [0, 0.05) is 24.8 Å². The molecule has 0 aliphatic carbocycles. The van der Waals surface area contributed by atoms with Crippen molar-refractivity contribution in [2.45, 2.75) is 12.2 Å². The van der Waals surface area contributed by atoms with Gasteiger partial charge in [0.1, 0.15) is 23.5 Å². The average Bonchev–Trinajstić information content (AvgIpc) is 3.11. The Labute approximate surface area is 163 Å². The zero-order valence-corrected chi connectivity index (χ0v) is 15.2. The lowest BCUT2D eigenvalue weighted by Gasteiger charge is -2.21. The van der Waals surface area contributed by atoms with E-state index in [0.717, 1.165) is 0 Å². The fourth-order valence-corrected chi connectivity index (χ4v) is 3.06. The first-order valence-electron chi connectivity index (χ1n) is 8.66. The molecular weight excluding hydrogens is 386 g/mol. The molecular formula is C20H15F4N5. The normalized spacial score (nSPS) is 12.9. The number of halogens is 4. The van der Waals surface area contributed by atoms with Gasteiger partial charge < -0.3 is 9.88 Å². The molecule has 2 heterocycles. The van der Waals surface area contributed by atoms with Crippen molar-refractivity contribution >= 4 is 16.7 Å². The van der Waals surface area contributed by atoms with Crippen LogP contribution in [0, 0.1) is 5.82 Å². The van der Waals surface area contributed by atoms with E-state index in [1.54, 1.807) is 54.3 Å². The second kappa shape index (κ2) is 7.16. The van der Waals surface area contributed by atoms with Crippen molar-refractivity contribution in [1.29, 1.82) is 0 Å². The summed E-state index contributed by atoms with van der Waals surface area (Å²) in [5.41, 5.74) is 0.784. The molecule has 0 aliphatic heterocycles. The van der Waals surface area contributed by atoms with E-state index < -0.39 is 23.9 Å². The number of nitrogens with one attached hydrogen (secondary N) is 1. The number of alkyl halides is 3. The standard InChI is InChI=1S/C20H15F4N5/c1-29-11-10-25-18(29)16(12-6-8-13(21)9-7-12)27-17-14-4-2-3-5-15(14)26-19(28-17)20(22,23)24/h2-11,16H,1H3,(H,26,27,28). The van der Waals surface area contributed by atoms with Gasteiger partial charge in [-0.2, -0.15) is 13.2 Å². The van der Waals surface area contributed by atoms with Gasteiger partial charge in [0.25, 0.3) is 0 Å². The zero-order valence-electron chi connectivity index (χ0n) is 15.2. The molecule has 29 heavy (non-hydrogen) atoms. The largest absolute Gasteiger partial charge is 0.451 e. The maximum atomic E-state index is 13.4. The highest BCUT2D eigenvalue weighted by Gasteiger charge is 2.36. The summed E-state index contributed by atoms with van der Waals surface area (Å²) in [7, 11) is 1.76. The summed E-state index contributed by atoms with van der Waals surface area (Å²) in [6, 6.07) is 11.4. The number of rotatable bonds is 4. The number of fused-ring (bicyclic) bond motifs is 1. The monoisotopic (exact) mass is 401 g/mol. The third kappa shape index (κ3) is 3.75. The Balaban J connectivity index is 1.87. The summed E-state index contributed by atoms with van der Waals surface area (Å²) in [5.74, 6) is -1.11. The van der Waals surface area contributed by atoms with Crippen molar-refractivity contribution in [1.82, 2.24) is 19.5 Å². The van der Waals surface area contributed by atoms with E-state index in [1.807, 2.05) is 0 Å². The number of imidazole rings is 1. The molecule has 0 fully saturated rings. The van der Waals surface area contributed by atoms with Crippen molar-refractivity contribution in [3.05, 3.63) is 84.0 Å². The first kappa shape index (κ1) is 18.9. The number of anilines is 1. The Morgan fingerprint density at radius 2 is 1.72 bits per heavy atom. The van der Waals surface area contributed by atoms with E-state index in [0.29, 0.717) is 16.8 Å².